The Hall–Kier alpha value is -5.16. The van der Waals surface area contributed by atoms with Crippen molar-refractivity contribution in [1.82, 2.24) is 0 Å². The van der Waals surface area contributed by atoms with Gasteiger partial charge in [-0.2, -0.15) is 0 Å². The molecule has 4 aromatic carbocycles. The van der Waals surface area contributed by atoms with Crippen molar-refractivity contribution < 1.29 is 55.4 Å². The predicted molar refractivity (Wildman–Crippen MR) is 147 cm³/mol. The van der Waals surface area contributed by atoms with Crippen molar-refractivity contribution in [2.45, 2.75) is 43.5 Å². The Morgan fingerprint density at radius 3 is 1.83 bits per heavy atom. The number of ether oxygens (including phenoxy) is 2. The fraction of sp³-hybridized carbons (Fsp3) is 0.226. The van der Waals surface area contributed by atoms with Gasteiger partial charge in [-0.15, -0.1) is 0 Å². The van der Waals surface area contributed by atoms with Crippen molar-refractivity contribution in [3.8, 4) is 57.5 Å². The Morgan fingerprint density at radius 2 is 1.19 bits per heavy atom. The standard InChI is InChI=1S/C31H28O11/c32-15-9-22(38)28-27(10-15)41-26(14-2-5-18(34)21(37)8-14)12-24(40)29(28)30-23(39)11-19(35)16-3-6-25(42-31(16)30)13-1-4-17(33)20(36)7-13/h1-2,4-5,7-11,24-26,29,32-40H,3,6,12H2/t24-,25?,26?,29?/m1/s1. The molecule has 2 aliphatic rings. The quantitative estimate of drug-likeness (QED) is 0.156. The molecular weight excluding hydrogens is 548 g/mol. The number of rotatable bonds is 3. The Balaban J connectivity index is 1.50. The van der Waals surface area contributed by atoms with Crippen LogP contribution in [0.4, 0.5) is 0 Å². The Morgan fingerprint density at radius 1 is 0.571 bits per heavy atom. The van der Waals surface area contributed by atoms with Crippen molar-refractivity contribution in [3.05, 3.63) is 82.4 Å². The molecule has 0 fully saturated rings. The van der Waals surface area contributed by atoms with Crippen molar-refractivity contribution in [3.63, 3.8) is 0 Å². The number of aliphatic hydroxyl groups excluding tert-OH is 1. The second-order valence-corrected chi connectivity index (χ2v) is 10.5. The number of hydrogen-bond donors (Lipinski definition) is 9. The van der Waals surface area contributed by atoms with Crippen LogP contribution in [-0.4, -0.2) is 52.1 Å². The lowest BCUT2D eigenvalue weighted by Crippen LogP contribution is -2.24. The molecule has 2 heterocycles. The first-order chi connectivity index (χ1) is 20.0. The molecule has 0 radical (unpaired) electrons. The molecular formula is C31H28O11. The van der Waals surface area contributed by atoms with E-state index in [0.717, 1.165) is 12.1 Å². The minimum Gasteiger partial charge on any atom is -0.508 e. The molecule has 4 atom stereocenters. The van der Waals surface area contributed by atoms with Crippen LogP contribution in [-0.2, 0) is 6.42 Å². The zero-order chi connectivity index (χ0) is 29.9. The average molecular weight is 577 g/mol. The van der Waals surface area contributed by atoms with Gasteiger partial charge in [-0.1, -0.05) is 12.1 Å². The smallest absolute Gasteiger partial charge is 0.157 e. The average Bonchev–Trinajstić information content (AvgIpc) is 3.08. The lowest BCUT2D eigenvalue weighted by Gasteiger charge is -2.33. The van der Waals surface area contributed by atoms with Gasteiger partial charge in [0.2, 0.25) is 0 Å². The van der Waals surface area contributed by atoms with Crippen LogP contribution in [0.2, 0.25) is 0 Å². The molecule has 0 spiro atoms. The molecule has 2 aliphatic heterocycles. The third-order valence-electron chi connectivity index (χ3n) is 7.87. The minimum atomic E-state index is -1.34. The number of hydrogen-bond acceptors (Lipinski definition) is 11. The summed E-state index contributed by atoms with van der Waals surface area (Å²) in [6.07, 6.45) is -2.36. The maximum absolute atomic E-state index is 11.7. The van der Waals surface area contributed by atoms with E-state index in [2.05, 4.69) is 0 Å². The maximum Gasteiger partial charge on any atom is 0.157 e. The molecule has 6 rings (SSSR count). The van der Waals surface area contributed by atoms with Crippen LogP contribution in [0.5, 0.6) is 57.5 Å². The number of benzene rings is 4. The molecule has 0 bridgehead atoms. The molecule has 11 heteroatoms. The second-order valence-electron chi connectivity index (χ2n) is 10.5. The van der Waals surface area contributed by atoms with Gasteiger partial charge in [-0.3, -0.25) is 0 Å². The van der Waals surface area contributed by atoms with Crippen LogP contribution in [0.3, 0.4) is 0 Å². The lowest BCUT2D eigenvalue weighted by molar-refractivity contribution is 0.0950. The summed E-state index contributed by atoms with van der Waals surface area (Å²) in [4.78, 5) is 0. The van der Waals surface area contributed by atoms with Gasteiger partial charge in [0.25, 0.3) is 0 Å². The van der Waals surface area contributed by atoms with Crippen LogP contribution in [0.25, 0.3) is 0 Å². The van der Waals surface area contributed by atoms with E-state index in [4.69, 9.17) is 9.47 Å². The topological polar surface area (TPSA) is 201 Å². The Labute approximate surface area is 239 Å². The molecule has 11 nitrogen and oxygen atoms in total. The van der Waals surface area contributed by atoms with Crippen molar-refractivity contribution >= 4 is 0 Å². The number of fused-ring (bicyclic) bond motifs is 2. The van der Waals surface area contributed by atoms with Gasteiger partial charge in [0, 0.05) is 47.2 Å². The maximum atomic E-state index is 11.7. The molecule has 218 valence electrons. The van der Waals surface area contributed by atoms with E-state index < -0.39 is 41.5 Å². The van der Waals surface area contributed by atoms with Crippen LogP contribution in [0.1, 0.15) is 58.8 Å². The van der Waals surface area contributed by atoms with Crippen LogP contribution >= 0.6 is 0 Å². The number of aliphatic hydroxyl groups is 1. The Bertz CT molecular complexity index is 1700. The molecule has 0 amide bonds. The Kier molecular flexibility index (Phi) is 6.46. The third-order valence-corrected chi connectivity index (χ3v) is 7.87. The van der Waals surface area contributed by atoms with E-state index in [1.54, 1.807) is 6.07 Å². The molecule has 4 aromatic rings. The van der Waals surface area contributed by atoms with E-state index in [9.17, 15) is 46.0 Å². The van der Waals surface area contributed by atoms with E-state index in [0.29, 0.717) is 29.5 Å². The van der Waals surface area contributed by atoms with Gasteiger partial charge in [0.05, 0.1) is 6.10 Å². The van der Waals surface area contributed by atoms with E-state index >= 15 is 0 Å². The van der Waals surface area contributed by atoms with Gasteiger partial charge in [-0.05, 0) is 48.2 Å². The summed E-state index contributed by atoms with van der Waals surface area (Å²) in [5.74, 6) is -3.95. The zero-order valence-electron chi connectivity index (χ0n) is 22.0. The van der Waals surface area contributed by atoms with Gasteiger partial charge < -0.3 is 55.4 Å². The van der Waals surface area contributed by atoms with E-state index in [-0.39, 0.29) is 57.8 Å². The summed E-state index contributed by atoms with van der Waals surface area (Å²) in [7, 11) is 0. The minimum absolute atomic E-state index is 0.0105. The van der Waals surface area contributed by atoms with Crippen molar-refractivity contribution in [2.75, 3.05) is 0 Å². The van der Waals surface area contributed by atoms with Crippen LogP contribution in [0.15, 0.2) is 54.6 Å². The zero-order valence-corrected chi connectivity index (χ0v) is 22.0. The summed E-state index contributed by atoms with van der Waals surface area (Å²) in [5.41, 5.74) is 1.37. The normalized spacial score (nSPS) is 21.4. The van der Waals surface area contributed by atoms with E-state index in [1.165, 1.54) is 36.4 Å². The van der Waals surface area contributed by atoms with Gasteiger partial charge >= 0.3 is 0 Å². The fourth-order valence-corrected chi connectivity index (χ4v) is 5.86. The second kappa shape index (κ2) is 10.0. The number of phenols is 8. The summed E-state index contributed by atoms with van der Waals surface area (Å²) in [5, 5.41) is 94.6. The van der Waals surface area contributed by atoms with Gasteiger partial charge in [0.15, 0.2) is 23.0 Å². The summed E-state index contributed by atoms with van der Waals surface area (Å²) < 4.78 is 12.5. The van der Waals surface area contributed by atoms with Crippen molar-refractivity contribution in [1.29, 1.82) is 0 Å². The highest BCUT2D eigenvalue weighted by Gasteiger charge is 2.41. The first-order valence-electron chi connectivity index (χ1n) is 13.2. The van der Waals surface area contributed by atoms with Gasteiger partial charge in [-0.25, -0.2) is 0 Å². The predicted octanol–water partition coefficient (Wildman–Crippen LogP) is 4.41. The highest BCUT2D eigenvalue weighted by molar-refractivity contribution is 5.65. The first-order valence-corrected chi connectivity index (χ1v) is 13.2. The van der Waals surface area contributed by atoms with Crippen LogP contribution < -0.4 is 9.47 Å². The lowest BCUT2D eigenvalue weighted by atomic mass is 9.80. The molecule has 0 saturated carbocycles. The first kappa shape index (κ1) is 27.0. The SMILES string of the molecule is Oc1cc(O)c2c(c1)OC(c1ccc(O)c(O)c1)C[C@@H](O)C2c1c(O)cc(O)c2c1OC(c1ccc(O)c(O)c1)CC2. The molecule has 0 aromatic heterocycles. The van der Waals surface area contributed by atoms with Crippen LogP contribution in [0, 0.1) is 0 Å². The number of aromatic hydroxyl groups is 8. The molecule has 42 heavy (non-hydrogen) atoms. The molecule has 3 unspecified atom stereocenters. The molecule has 0 aliphatic carbocycles. The summed E-state index contributed by atoms with van der Waals surface area (Å²) in [6.45, 7) is 0. The summed E-state index contributed by atoms with van der Waals surface area (Å²) in [6, 6.07) is 11.7. The summed E-state index contributed by atoms with van der Waals surface area (Å²) >= 11 is 0. The van der Waals surface area contributed by atoms with E-state index in [1.807, 2.05) is 0 Å². The third kappa shape index (κ3) is 4.53. The highest BCUT2D eigenvalue weighted by atomic mass is 16.5. The number of phenolic OH excluding ortho intramolecular Hbond substituents is 8. The molecule has 9 N–H and O–H groups in total. The molecule has 0 saturated heterocycles. The highest BCUT2D eigenvalue weighted by Crippen LogP contribution is 2.55. The monoisotopic (exact) mass is 576 g/mol. The fourth-order valence-electron chi connectivity index (χ4n) is 5.86. The largest absolute Gasteiger partial charge is 0.508 e. The van der Waals surface area contributed by atoms with Gasteiger partial charge in [0.1, 0.15) is 46.7 Å². The van der Waals surface area contributed by atoms with Crippen molar-refractivity contribution in [2.24, 2.45) is 0 Å².